The molecule has 0 spiro atoms. The van der Waals surface area contributed by atoms with Crippen LogP contribution in [0.5, 0.6) is 0 Å². The summed E-state index contributed by atoms with van der Waals surface area (Å²) in [6, 6.07) is 9.46. The number of fused-ring (bicyclic) bond motifs is 1. The Morgan fingerprint density at radius 3 is 2.31 bits per heavy atom. The van der Waals surface area contributed by atoms with Crippen molar-refractivity contribution in [2.24, 2.45) is 0 Å². The molecule has 2 N–H and O–H groups in total. The van der Waals surface area contributed by atoms with Gasteiger partial charge in [-0.2, -0.15) is 0 Å². The van der Waals surface area contributed by atoms with E-state index in [2.05, 4.69) is 10.2 Å². The van der Waals surface area contributed by atoms with Crippen molar-refractivity contribution in [1.29, 1.82) is 0 Å². The lowest BCUT2D eigenvalue weighted by Gasteiger charge is -2.34. The van der Waals surface area contributed by atoms with Crippen molar-refractivity contribution in [1.82, 2.24) is 9.47 Å². The maximum atomic E-state index is 15.0. The van der Waals surface area contributed by atoms with E-state index in [9.17, 15) is 19.5 Å². The minimum Gasteiger partial charge on any atom is -0.477 e. The smallest absolute Gasteiger partial charge is 0.341 e. The number of hydrogen-bond donors (Lipinski definition) is 2. The Kier molecular flexibility index (Phi) is 5.67. The predicted molar refractivity (Wildman–Crippen MR) is 120 cm³/mol. The summed E-state index contributed by atoms with van der Waals surface area (Å²) in [6.45, 7) is 4.25. The highest BCUT2D eigenvalue weighted by Crippen LogP contribution is 2.28. The molecule has 1 saturated heterocycles. The van der Waals surface area contributed by atoms with Crippen LogP contribution in [0.15, 0.2) is 47.4 Å². The molecule has 0 saturated carbocycles. The van der Waals surface area contributed by atoms with Crippen molar-refractivity contribution >= 4 is 34.2 Å². The molecule has 9 heteroatoms. The number of benzene rings is 2. The van der Waals surface area contributed by atoms with Gasteiger partial charge in [0.05, 0.1) is 11.2 Å². The monoisotopic (exact) mass is 438 g/mol. The van der Waals surface area contributed by atoms with Crippen LogP contribution in [0.4, 0.5) is 15.8 Å². The minimum absolute atomic E-state index is 0.00813. The van der Waals surface area contributed by atoms with Crippen molar-refractivity contribution in [3.8, 4) is 5.69 Å². The van der Waals surface area contributed by atoms with Crippen LogP contribution in [0, 0.1) is 5.82 Å². The number of carboxylic acid groups (broad SMARTS) is 1. The van der Waals surface area contributed by atoms with E-state index in [1.54, 1.807) is 34.9 Å². The lowest BCUT2D eigenvalue weighted by atomic mass is 10.1. The third kappa shape index (κ3) is 4.06. The van der Waals surface area contributed by atoms with Crippen LogP contribution < -0.4 is 15.6 Å². The van der Waals surface area contributed by atoms with Gasteiger partial charge in [-0.15, -0.1) is 0 Å². The molecule has 2 heterocycles. The first-order chi connectivity index (χ1) is 15.2. The molecule has 0 bridgehead atoms. The number of anilines is 2. The molecule has 4 rings (SSSR count). The van der Waals surface area contributed by atoms with E-state index in [0.29, 0.717) is 35.7 Å². The molecule has 2 aromatic carbocycles. The third-order valence-corrected chi connectivity index (χ3v) is 5.61. The molecule has 32 heavy (non-hydrogen) atoms. The number of carbonyl (C=O) groups is 2. The van der Waals surface area contributed by atoms with E-state index >= 15 is 4.39 Å². The van der Waals surface area contributed by atoms with Crippen LogP contribution in [0.25, 0.3) is 16.6 Å². The molecule has 1 aromatic heterocycles. The number of nitrogens with one attached hydrogen (secondary N) is 1. The molecule has 3 aromatic rings. The number of rotatable bonds is 4. The highest BCUT2D eigenvalue weighted by Gasteiger charge is 2.22. The molecule has 1 aliphatic rings. The number of pyridine rings is 1. The van der Waals surface area contributed by atoms with E-state index in [1.807, 2.05) is 11.9 Å². The summed E-state index contributed by atoms with van der Waals surface area (Å²) in [5.41, 5.74) is 0.744. The van der Waals surface area contributed by atoms with E-state index in [-0.39, 0.29) is 11.3 Å². The molecule has 1 amide bonds. The maximum absolute atomic E-state index is 15.0. The van der Waals surface area contributed by atoms with Gasteiger partial charge in [0.15, 0.2) is 0 Å². The zero-order valence-electron chi connectivity index (χ0n) is 17.8. The Hall–Kier alpha value is -3.72. The van der Waals surface area contributed by atoms with Crippen LogP contribution in [0.2, 0.25) is 0 Å². The lowest BCUT2D eigenvalue weighted by Crippen LogP contribution is -2.44. The van der Waals surface area contributed by atoms with E-state index in [0.717, 1.165) is 19.2 Å². The molecular formula is C23H23FN4O4. The number of carboxylic acids is 1. The topological polar surface area (TPSA) is 94.9 Å². The quantitative estimate of drug-likeness (QED) is 0.650. The summed E-state index contributed by atoms with van der Waals surface area (Å²) in [7, 11) is 2.00. The number of aromatic nitrogens is 1. The fraction of sp³-hybridized carbons (Fsp3) is 0.261. The molecule has 0 atom stereocenters. The normalized spacial score (nSPS) is 14.5. The standard InChI is InChI=1S/C23H23FN4O4/c1-14(29)25-15-3-5-16(6-4-15)28-13-18(23(31)32)22(30)17-11-19(24)21(12-20(17)28)27-9-7-26(2)8-10-27/h3-6,11-13H,7-10H2,1-2H3,(H,25,29)(H,31,32). The second-order valence-corrected chi connectivity index (χ2v) is 7.89. The first kappa shape index (κ1) is 21.5. The average Bonchev–Trinajstić information content (AvgIpc) is 2.75. The van der Waals surface area contributed by atoms with Gasteiger partial charge in [0.25, 0.3) is 0 Å². The second-order valence-electron chi connectivity index (χ2n) is 7.89. The number of carbonyl (C=O) groups excluding carboxylic acids is 1. The molecule has 166 valence electrons. The summed E-state index contributed by atoms with van der Waals surface area (Å²) in [5, 5.41) is 12.2. The molecule has 8 nitrogen and oxygen atoms in total. The van der Waals surface area contributed by atoms with Gasteiger partial charge in [-0.05, 0) is 43.4 Å². The molecule has 1 aliphatic heterocycles. The van der Waals surface area contributed by atoms with Crippen molar-refractivity contribution in [3.05, 3.63) is 64.2 Å². The summed E-state index contributed by atoms with van der Waals surface area (Å²) >= 11 is 0. The van der Waals surface area contributed by atoms with Gasteiger partial charge in [0, 0.05) is 56.1 Å². The zero-order valence-corrected chi connectivity index (χ0v) is 17.8. The van der Waals surface area contributed by atoms with Gasteiger partial charge < -0.3 is 24.8 Å². The summed E-state index contributed by atoms with van der Waals surface area (Å²) < 4.78 is 16.6. The van der Waals surface area contributed by atoms with Gasteiger partial charge in [-0.25, -0.2) is 9.18 Å². The van der Waals surface area contributed by atoms with Gasteiger partial charge in [0.1, 0.15) is 11.4 Å². The number of nitrogens with zero attached hydrogens (tertiary/aromatic N) is 3. The Morgan fingerprint density at radius 2 is 1.72 bits per heavy atom. The third-order valence-electron chi connectivity index (χ3n) is 5.61. The highest BCUT2D eigenvalue weighted by atomic mass is 19.1. The molecule has 0 unspecified atom stereocenters. The minimum atomic E-state index is -1.39. The molecule has 0 aliphatic carbocycles. The van der Waals surface area contributed by atoms with Crippen molar-refractivity contribution in [2.45, 2.75) is 6.92 Å². The number of hydrogen-bond acceptors (Lipinski definition) is 5. The molecule has 0 radical (unpaired) electrons. The van der Waals surface area contributed by atoms with Gasteiger partial charge in [-0.1, -0.05) is 0 Å². The van der Waals surface area contributed by atoms with Gasteiger partial charge in [0.2, 0.25) is 11.3 Å². The predicted octanol–water partition coefficient (Wildman–Crippen LogP) is 2.54. The SMILES string of the molecule is CC(=O)Nc1ccc(-n2cc(C(=O)O)c(=O)c3cc(F)c(N4CCN(C)CC4)cc32)cc1. The van der Waals surface area contributed by atoms with Gasteiger partial charge in [-0.3, -0.25) is 9.59 Å². The zero-order chi connectivity index (χ0) is 23.0. The Bertz CT molecular complexity index is 1260. The summed E-state index contributed by atoms with van der Waals surface area (Å²) in [5.74, 6) is -2.16. The van der Waals surface area contributed by atoms with Crippen molar-refractivity contribution in [2.75, 3.05) is 43.4 Å². The van der Waals surface area contributed by atoms with Gasteiger partial charge >= 0.3 is 5.97 Å². The van der Waals surface area contributed by atoms with Crippen LogP contribution >= 0.6 is 0 Å². The molecular weight excluding hydrogens is 415 g/mol. The Morgan fingerprint density at radius 1 is 1.06 bits per heavy atom. The van der Waals surface area contributed by atoms with E-state index in [4.69, 9.17) is 0 Å². The van der Waals surface area contributed by atoms with Crippen molar-refractivity contribution in [3.63, 3.8) is 0 Å². The summed E-state index contributed by atoms with van der Waals surface area (Å²) in [6.07, 6.45) is 1.26. The lowest BCUT2D eigenvalue weighted by molar-refractivity contribution is -0.114. The number of aromatic carboxylic acids is 1. The number of amides is 1. The fourth-order valence-electron chi connectivity index (χ4n) is 3.90. The van der Waals surface area contributed by atoms with Crippen molar-refractivity contribution < 1.29 is 19.1 Å². The van der Waals surface area contributed by atoms with Crippen LogP contribution in [-0.2, 0) is 4.79 Å². The average molecular weight is 438 g/mol. The van der Waals surface area contributed by atoms with Crippen LogP contribution in [0.3, 0.4) is 0 Å². The van der Waals surface area contributed by atoms with Crippen LogP contribution in [0.1, 0.15) is 17.3 Å². The van der Waals surface area contributed by atoms with Crippen LogP contribution in [-0.4, -0.2) is 59.7 Å². The number of halogens is 1. The van der Waals surface area contributed by atoms with E-state index in [1.165, 1.54) is 13.1 Å². The fourth-order valence-corrected chi connectivity index (χ4v) is 3.90. The number of likely N-dealkylation sites (N-methyl/N-ethyl adjacent to an activating group) is 1. The Balaban J connectivity index is 1.90. The second kappa shape index (κ2) is 8.43. The first-order valence-electron chi connectivity index (χ1n) is 10.2. The maximum Gasteiger partial charge on any atom is 0.341 e. The first-order valence-corrected chi connectivity index (χ1v) is 10.2. The Labute approximate surface area is 183 Å². The number of piperazine rings is 1. The van der Waals surface area contributed by atoms with E-state index < -0.39 is 22.8 Å². The highest BCUT2D eigenvalue weighted by molar-refractivity contribution is 5.94. The summed E-state index contributed by atoms with van der Waals surface area (Å²) in [4.78, 5) is 39.8. The largest absolute Gasteiger partial charge is 0.477 e. The molecule has 1 fully saturated rings.